The Morgan fingerprint density at radius 1 is 1.16 bits per heavy atom. The molecule has 0 radical (unpaired) electrons. The second kappa shape index (κ2) is 7.28. The van der Waals surface area contributed by atoms with E-state index in [2.05, 4.69) is 20.2 Å². The van der Waals surface area contributed by atoms with Gasteiger partial charge in [-0.15, -0.1) is 0 Å². The first-order chi connectivity index (χ1) is 15.5. The Labute approximate surface area is 193 Å². The first-order valence-corrected chi connectivity index (χ1v) is 11.3. The van der Waals surface area contributed by atoms with Gasteiger partial charge in [-0.3, -0.25) is 9.78 Å². The molecule has 0 spiro atoms. The number of nitrogens with zero attached hydrogens (tertiary/aromatic N) is 6. The molecule has 2 aliphatic heterocycles. The minimum atomic E-state index is -0.284. The maximum Gasteiger partial charge on any atom is 0.177 e. The van der Waals surface area contributed by atoms with Crippen LogP contribution in [0.25, 0.3) is 33.3 Å². The largest absolute Gasteiger partial charge is 0.393 e. The number of aryl methyl sites for hydroxylation is 1. The van der Waals surface area contributed by atoms with E-state index >= 15 is 0 Å². The van der Waals surface area contributed by atoms with Crippen LogP contribution < -0.4 is 4.90 Å². The third-order valence-corrected chi connectivity index (χ3v) is 7.50. The van der Waals surface area contributed by atoms with Crippen molar-refractivity contribution in [1.29, 1.82) is 0 Å². The van der Waals surface area contributed by atoms with Crippen LogP contribution in [0.1, 0.15) is 31.4 Å². The molecule has 2 aliphatic rings. The molecule has 3 aromatic heterocycles. The van der Waals surface area contributed by atoms with Gasteiger partial charge in [0.1, 0.15) is 22.1 Å². The van der Waals surface area contributed by atoms with E-state index in [4.69, 9.17) is 33.2 Å². The molecule has 6 rings (SSSR count). The van der Waals surface area contributed by atoms with Crippen LogP contribution in [0.3, 0.4) is 0 Å². The number of rotatable bonds is 3. The Morgan fingerprint density at radius 2 is 1.91 bits per heavy atom. The zero-order valence-electron chi connectivity index (χ0n) is 17.3. The van der Waals surface area contributed by atoms with Crippen LogP contribution in [0, 0.1) is 0 Å². The molecule has 2 saturated heterocycles. The lowest BCUT2D eigenvalue weighted by Crippen LogP contribution is -2.45. The van der Waals surface area contributed by atoms with Crippen molar-refractivity contribution in [3.8, 4) is 11.3 Å². The normalized spacial score (nSPS) is 23.0. The first kappa shape index (κ1) is 20.2. The highest BCUT2D eigenvalue weighted by Gasteiger charge is 2.42. The first-order valence-electron chi connectivity index (χ1n) is 10.6. The summed E-state index contributed by atoms with van der Waals surface area (Å²) < 4.78 is 1.57. The summed E-state index contributed by atoms with van der Waals surface area (Å²) in [5.41, 5.74) is 3.43. The predicted molar refractivity (Wildman–Crippen MR) is 122 cm³/mol. The van der Waals surface area contributed by atoms with Crippen LogP contribution in [0.4, 0.5) is 5.82 Å². The maximum atomic E-state index is 10.1. The molecule has 3 atom stereocenters. The Morgan fingerprint density at radius 3 is 2.62 bits per heavy atom. The number of nitrogens with one attached hydrogen (secondary N) is 1. The lowest BCUT2D eigenvalue weighted by molar-refractivity contribution is 0.125. The number of benzene rings is 1. The number of aliphatic hydroxyl groups excluding tert-OH is 2. The van der Waals surface area contributed by atoms with Gasteiger partial charge in [0, 0.05) is 24.7 Å². The number of aromatic nitrogens is 6. The van der Waals surface area contributed by atoms with Gasteiger partial charge in [-0.05, 0) is 37.8 Å². The van der Waals surface area contributed by atoms with E-state index in [1.807, 2.05) is 12.1 Å². The molecular formula is C21H21Cl2N7O2. The molecule has 166 valence electrons. The van der Waals surface area contributed by atoms with Gasteiger partial charge >= 0.3 is 0 Å². The average Bonchev–Trinajstić information content (AvgIpc) is 3.39. The third kappa shape index (κ3) is 2.85. The van der Waals surface area contributed by atoms with Gasteiger partial charge < -0.3 is 15.1 Å². The van der Waals surface area contributed by atoms with E-state index in [1.165, 1.54) is 0 Å². The highest BCUT2D eigenvalue weighted by molar-refractivity contribution is 6.43. The molecule has 2 fully saturated rings. The van der Waals surface area contributed by atoms with E-state index in [9.17, 15) is 10.2 Å². The van der Waals surface area contributed by atoms with Crippen molar-refractivity contribution in [3.63, 3.8) is 0 Å². The van der Waals surface area contributed by atoms with E-state index in [1.54, 1.807) is 11.7 Å². The third-order valence-electron chi connectivity index (χ3n) is 6.67. The molecule has 11 heteroatoms. The van der Waals surface area contributed by atoms with Crippen molar-refractivity contribution in [3.05, 3.63) is 28.0 Å². The summed E-state index contributed by atoms with van der Waals surface area (Å²) >= 11 is 13.1. The van der Waals surface area contributed by atoms with Crippen LogP contribution >= 0.6 is 23.2 Å². The number of hydrogen-bond donors (Lipinski definition) is 3. The fraction of sp³-hybridized carbons (Fsp3) is 0.429. The molecule has 5 heterocycles. The van der Waals surface area contributed by atoms with Crippen LogP contribution in [0.2, 0.25) is 10.2 Å². The molecule has 4 aromatic rings. The molecular weight excluding hydrogens is 453 g/mol. The number of aromatic amines is 1. The summed E-state index contributed by atoms with van der Waals surface area (Å²) in [6.07, 6.45) is 3.13. The van der Waals surface area contributed by atoms with Gasteiger partial charge in [0.15, 0.2) is 11.5 Å². The summed E-state index contributed by atoms with van der Waals surface area (Å²) in [6.45, 7) is -0.247. The van der Waals surface area contributed by atoms with Crippen LogP contribution in [-0.4, -0.2) is 58.3 Å². The molecule has 2 bridgehead atoms. The van der Waals surface area contributed by atoms with Crippen molar-refractivity contribution in [2.45, 2.75) is 50.5 Å². The number of aliphatic hydroxyl groups is 2. The Bertz CT molecular complexity index is 1350. The highest BCUT2D eigenvalue weighted by Crippen LogP contribution is 2.42. The number of H-pyrrole nitrogens is 1. The van der Waals surface area contributed by atoms with Crippen molar-refractivity contribution in [2.24, 2.45) is 7.05 Å². The molecule has 0 aliphatic carbocycles. The Kier molecular flexibility index (Phi) is 4.59. The zero-order chi connectivity index (χ0) is 22.1. The lowest BCUT2D eigenvalue weighted by Gasteiger charge is -2.38. The van der Waals surface area contributed by atoms with Crippen LogP contribution in [0.5, 0.6) is 0 Å². The zero-order valence-corrected chi connectivity index (χ0v) is 18.8. The number of hydrogen-bond acceptors (Lipinski definition) is 7. The molecule has 0 saturated carbocycles. The quantitative estimate of drug-likeness (QED) is 0.418. The summed E-state index contributed by atoms with van der Waals surface area (Å²) in [5.74, 6) is 0.659. The fourth-order valence-electron chi connectivity index (χ4n) is 5.26. The molecule has 0 unspecified atom stereocenters. The number of halogens is 2. The molecule has 9 nitrogen and oxygen atoms in total. The van der Waals surface area contributed by atoms with Crippen molar-refractivity contribution >= 4 is 51.1 Å². The molecule has 3 N–H and O–H groups in total. The average molecular weight is 474 g/mol. The van der Waals surface area contributed by atoms with Gasteiger partial charge in [0.2, 0.25) is 0 Å². The van der Waals surface area contributed by atoms with Gasteiger partial charge in [-0.2, -0.15) is 10.2 Å². The molecule has 1 aromatic carbocycles. The summed E-state index contributed by atoms with van der Waals surface area (Å²) in [5, 5.41) is 33.6. The lowest BCUT2D eigenvalue weighted by atomic mass is 9.99. The van der Waals surface area contributed by atoms with Crippen molar-refractivity contribution in [2.75, 3.05) is 4.90 Å². The minimum absolute atomic E-state index is 0.202. The van der Waals surface area contributed by atoms with Gasteiger partial charge in [0.05, 0.1) is 28.6 Å². The van der Waals surface area contributed by atoms with Crippen molar-refractivity contribution < 1.29 is 10.2 Å². The predicted octanol–water partition coefficient (Wildman–Crippen LogP) is 3.20. The Balaban J connectivity index is 1.50. The van der Waals surface area contributed by atoms with Gasteiger partial charge in [-0.25, -0.2) is 9.97 Å². The number of anilines is 1. The van der Waals surface area contributed by atoms with Gasteiger partial charge in [-0.1, -0.05) is 23.2 Å². The van der Waals surface area contributed by atoms with E-state index in [0.717, 1.165) is 12.8 Å². The highest BCUT2D eigenvalue weighted by atomic mass is 35.5. The van der Waals surface area contributed by atoms with Crippen LogP contribution in [-0.2, 0) is 13.7 Å². The standard InChI is InChI=1S/C21H21Cl2N7O2/c1-29-19(23)15-13(28-29)5-4-12(16(15)22)17-18-20(27-26-17)25-21(14(8-31)24-18)30-9-2-3-10(30)7-11(32)6-9/h4-5,9-11,31-32H,2-3,6-8H2,1H3,(H,25,26,27)/t9-,10+,11+. The number of piperidine rings is 1. The summed E-state index contributed by atoms with van der Waals surface area (Å²) in [6, 6.07) is 4.08. The van der Waals surface area contributed by atoms with Gasteiger partial charge in [0.25, 0.3) is 0 Å². The maximum absolute atomic E-state index is 10.1. The SMILES string of the molecule is Cn1nc2ccc(-c3n[nH]c4nc(N5[C@@H]6CC[C@H]5C[C@@H](O)C6)c(CO)nc34)c(Cl)c2c1Cl. The fourth-order valence-corrected chi connectivity index (χ4v) is 5.87. The number of fused-ring (bicyclic) bond motifs is 4. The topological polar surface area (TPSA) is 116 Å². The Hall–Kier alpha value is -2.46. The monoisotopic (exact) mass is 473 g/mol. The molecule has 32 heavy (non-hydrogen) atoms. The minimum Gasteiger partial charge on any atom is -0.393 e. The second-order valence-corrected chi connectivity index (χ2v) is 9.31. The molecule has 0 amide bonds. The van der Waals surface area contributed by atoms with E-state index < -0.39 is 0 Å². The summed E-state index contributed by atoms with van der Waals surface area (Å²) in [7, 11) is 1.76. The summed E-state index contributed by atoms with van der Waals surface area (Å²) in [4.78, 5) is 11.8. The van der Waals surface area contributed by atoms with E-state index in [0.29, 0.717) is 67.9 Å². The second-order valence-electron chi connectivity index (χ2n) is 8.57. The smallest absolute Gasteiger partial charge is 0.177 e. The van der Waals surface area contributed by atoms with Crippen LogP contribution in [0.15, 0.2) is 12.1 Å². The van der Waals surface area contributed by atoms with E-state index in [-0.39, 0.29) is 24.8 Å². The van der Waals surface area contributed by atoms with Crippen molar-refractivity contribution in [1.82, 2.24) is 29.9 Å².